The van der Waals surface area contributed by atoms with Crippen molar-refractivity contribution in [3.05, 3.63) is 41.2 Å². The molecule has 0 bridgehead atoms. The van der Waals surface area contributed by atoms with Crippen molar-refractivity contribution in [2.24, 2.45) is 0 Å². The molecule has 0 saturated carbocycles. The largest absolute Gasteiger partial charge is 0.321 e. The summed E-state index contributed by atoms with van der Waals surface area (Å²) in [6.45, 7) is 4.35. The summed E-state index contributed by atoms with van der Waals surface area (Å²) < 4.78 is 0. The molecule has 3 aliphatic rings. The van der Waals surface area contributed by atoms with Gasteiger partial charge in [-0.25, -0.2) is 4.79 Å². The van der Waals surface area contributed by atoms with Crippen LogP contribution >= 0.6 is 0 Å². The Morgan fingerprint density at radius 3 is 3.00 bits per heavy atom. The van der Waals surface area contributed by atoms with Gasteiger partial charge in [0, 0.05) is 32.4 Å². The van der Waals surface area contributed by atoms with E-state index < -0.39 is 0 Å². The number of pyridine rings is 1. The lowest BCUT2D eigenvalue weighted by atomic mass is 9.98. The Morgan fingerprint density at radius 2 is 2.22 bits per heavy atom. The molecule has 0 spiro atoms. The number of carbonyl (C=O) groups excluding carboxylic acids is 1. The summed E-state index contributed by atoms with van der Waals surface area (Å²) in [5.74, 6) is 0. The molecule has 5 heteroatoms. The van der Waals surface area contributed by atoms with Crippen LogP contribution in [0.3, 0.4) is 0 Å². The van der Waals surface area contributed by atoms with Gasteiger partial charge in [0.05, 0.1) is 18.3 Å². The van der Waals surface area contributed by atoms with Gasteiger partial charge in [0.1, 0.15) is 0 Å². The summed E-state index contributed by atoms with van der Waals surface area (Å²) in [6, 6.07) is 4.53. The van der Waals surface area contributed by atoms with E-state index in [1.54, 1.807) is 0 Å². The summed E-state index contributed by atoms with van der Waals surface area (Å²) in [6.07, 6.45) is 7.46. The molecule has 0 unspecified atom stereocenters. The molecule has 1 atom stereocenters. The van der Waals surface area contributed by atoms with Gasteiger partial charge in [-0.05, 0) is 43.5 Å². The minimum atomic E-state index is 0.185. The molecule has 3 aliphatic heterocycles. The van der Waals surface area contributed by atoms with Gasteiger partial charge in [-0.3, -0.25) is 4.98 Å². The van der Waals surface area contributed by atoms with E-state index in [0.717, 1.165) is 44.6 Å². The number of nitrogens with zero attached hydrogens (tertiary/aromatic N) is 4. The fraction of sp³-hybridized carbons (Fsp3) is 0.556. The van der Waals surface area contributed by atoms with Crippen LogP contribution in [0.25, 0.3) is 0 Å². The number of urea groups is 1. The van der Waals surface area contributed by atoms with Gasteiger partial charge in [0.2, 0.25) is 0 Å². The Balaban J connectivity index is 1.48. The quantitative estimate of drug-likeness (QED) is 0.747. The molecule has 4 rings (SSSR count). The molecule has 0 radical (unpaired) electrons. The molecular formula is C18H24N4O. The molecule has 4 heterocycles. The van der Waals surface area contributed by atoms with Gasteiger partial charge in [-0.2, -0.15) is 0 Å². The fourth-order valence-corrected chi connectivity index (χ4v) is 3.99. The van der Waals surface area contributed by atoms with Crippen molar-refractivity contribution in [1.29, 1.82) is 0 Å². The van der Waals surface area contributed by atoms with Crippen molar-refractivity contribution >= 4 is 6.03 Å². The lowest BCUT2D eigenvalue weighted by molar-refractivity contribution is 0.151. The van der Waals surface area contributed by atoms with E-state index in [9.17, 15) is 4.79 Å². The zero-order chi connectivity index (χ0) is 15.8. The number of aromatic nitrogens is 1. The highest BCUT2D eigenvalue weighted by Gasteiger charge is 2.36. The fourth-order valence-electron chi connectivity index (χ4n) is 3.99. The molecule has 0 N–H and O–H groups in total. The molecule has 122 valence electrons. The van der Waals surface area contributed by atoms with Crippen molar-refractivity contribution in [2.75, 3.05) is 26.7 Å². The minimum Gasteiger partial charge on any atom is -0.318 e. The van der Waals surface area contributed by atoms with Gasteiger partial charge in [-0.1, -0.05) is 12.1 Å². The normalized spacial score (nSPS) is 24.7. The zero-order valence-corrected chi connectivity index (χ0v) is 13.7. The maximum Gasteiger partial charge on any atom is 0.321 e. The summed E-state index contributed by atoms with van der Waals surface area (Å²) in [4.78, 5) is 23.8. The number of likely N-dealkylation sites (tertiary alicyclic amines) is 1. The third-order valence-electron chi connectivity index (χ3n) is 5.33. The van der Waals surface area contributed by atoms with Crippen LogP contribution in [-0.2, 0) is 13.1 Å². The average Bonchev–Trinajstić information content (AvgIpc) is 3.21. The molecule has 1 aromatic rings. The zero-order valence-electron chi connectivity index (χ0n) is 13.7. The lowest BCUT2D eigenvalue weighted by Gasteiger charge is -2.33. The Hall–Kier alpha value is -1.88. The minimum absolute atomic E-state index is 0.185. The number of fused-ring (bicyclic) bond motifs is 1. The highest BCUT2D eigenvalue weighted by Crippen LogP contribution is 2.30. The molecule has 1 fully saturated rings. The molecule has 0 aromatic carbocycles. The van der Waals surface area contributed by atoms with Crippen molar-refractivity contribution in [2.45, 2.75) is 38.4 Å². The van der Waals surface area contributed by atoms with E-state index in [0.29, 0.717) is 19.1 Å². The molecule has 23 heavy (non-hydrogen) atoms. The van der Waals surface area contributed by atoms with Crippen molar-refractivity contribution < 1.29 is 4.79 Å². The standard InChI is InChI=1S/C18H24N4O/c1-20-10-6-14(7-11-20)17-5-3-9-22(17)18(23)21-12-15-4-2-8-19-16(15)13-21/h2,4,6,8,17H,3,5,7,9-13H2,1H3/t17-/m0/s1. The van der Waals surface area contributed by atoms with Crippen molar-refractivity contribution in [3.63, 3.8) is 0 Å². The van der Waals surface area contributed by atoms with E-state index in [1.165, 1.54) is 11.1 Å². The van der Waals surface area contributed by atoms with Crippen LogP contribution in [0.5, 0.6) is 0 Å². The number of amides is 2. The predicted octanol–water partition coefficient (Wildman–Crippen LogP) is 2.24. The maximum absolute atomic E-state index is 13.0. The van der Waals surface area contributed by atoms with Crippen LogP contribution in [0.2, 0.25) is 0 Å². The highest BCUT2D eigenvalue weighted by molar-refractivity contribution is 5.76. The first-order chi connectivity index (χ1) is 11.2. The number of likely N-dealkylation sites (N-methyl/N-ethyl adjacent to an activating group) is 1. The smallest absolute Gasteiger partial charge is 0.318 e. The average molecular weight is 312 g/mol. The first kappa shape index (κ1) is 14.7. The lowest BCUT2D eigenvalue weighted by Crippen LogP contribution is -2.45. The molecule has 5 nitrogen and oxygen atoms in total. The van der Waals surface area contributed by atoms with Crippen LogP contribution < -0.4 is 0 Å². The molecule has 2 amide bonds. The van der Waals surface area contributed by atoms with Gasteiger partial charge in [0.25, 0.3) is 0 Å². The molecular weight excluding hydrogens is 288 g/mol. The SMILES string of the molecule is CN1CC=C([C@@H]2CCCN2C(=O)N2Cc3cccnc3C2)CC1. The predicted molar refractivity (Wildman–Crippen MR) is 88.8 cm³/mol. The van der Waals surface area contributed by atoms with Crippen LogP contribution in [0.15, 0.2) is 30.0 Å². The second kappa shape index (κ2) is 5.96. The Bertz CT molecular complexity index is 617. The van der Waals surface area contributed by atoms with Crippen molar-refractivity contribution in [1.82, 2.24) is 19.7 Å². The van der Waals surface area contributed by atoms with E-state index in [-0.39, 0.29) is 6.03 Å². The summed E-state index contributed by atoms with van der Waals surface area (Å²) in [5.41, 5.74) is 3.70. The Kier molecular flexibility index (Phi) is 3.81. The van der Waals surface area contributed by atoms with E-state index in [2.05, 4.69) is 34.0 Å². The monoisotopic (exact) mass is 312 g/mol. The van der Waals surface area contributed by atoms with Crippen molar-refractivity contribution in [3.8, 4) is 0 Å². The second-order valence-electron chi connectivity index (χ2n) is 6.89. The third-order valence-corrected chi connectivity index (χ3v) is 5.33. The first-order valence-electron chi connectivity index (χ1n) is 8.58. The maximum atomic E-state index is 13.0. The van der Waals surface area contributed by atoms with E-state index in [1.807, 2.05) is 17.2 Å². The molecule has 1 aromatic heterocycles. The third kappa shape index (κ3) is 2.74. The van der Waals surface area contributed by atoms with Gasteiger partial charge >= 0.3 is 6.03 Å². The van der Waals surface area contributed by atoms with Crippen LogP contribution in [0, 0.1) is 0 Å². The number of hydrogen-bond donors (Lipinski definition) is 0. The van der Waals surface area contributed by atoms with Gasteiger partial charge in [0.15, 0.2) is 0 Å². The number of hydrogen-bond acceptors (Lipinski definition) is 3. The Morgan fingerprint density at radius 1 is 1.30 bits per heavy atom. The van der Waals surface area contributed by atoms with Gasteiger partial charge in [-0.15, -0.1) is 0 Å². The van der Waals surface area contributed by atoms with E-state index >= 15 is 0 Å². The number of rotatable bonds is 1. The summed E-state index contributed by atoms with van der Waals surface area (Å²) >= 11 is 0. The first-order valence-corrected chi connectivity index (χ1v) is 8.58. The number of carbonyl (C=O) groups is 1. The van der Waals surface area contributed by atoms with Crippen LogP contribution in [-0.4, -0.2) is 58.4 Å². The van der Waals surface area contributed by atoms with Gasteiger partial charge < -0.3 is 14.7 Å². The van der Waals surface area contributed by atoms with Crippen LogP contribution in [0.1, 0.15) is 30.5 Å². The topological polar surface area (TPSA) is 39.7 Å². The van der Waals surface area contributed by atoms with E-state index in [4.69, 9.17) is 0 Å². The molecule has 1 saturated heterocycles. The molecule has 0 aliphatic carbocycles. The van der Waals surface area contributed by atoms with Crippen LogP contribution in [0.4, 0.5) is 4.79 Å². The second-order valence-corrected chi connectivity index (χ2v) is 6.89. The highest BCUT2D eigenvalue weighted by atomic mass is 16.2. The Labute approximate surface area is 137 Å². The summed E-state index contributed by atoms with van der Waals surface area (Å²) in [5, 5.41) is 0. The summed E-state index contributed by atoms with van der Waals surface area (Å²) in [7, 11) is 2.15.